The van der Waals surface area contributed by atoms with Crippen LogP contribution in [0.3, 0.4) is 0 Å². The molecule has 1 atom stereocenters. The maximum atomic E-state index is 6.23. The van der Waals surface area contributed by atoms with Gasteiger partial charge in [0.2, 0.25) is 0 Å². The molecule has 0 radical (unpaired) electrons. The lowest BCUT2D eigenvalue weighted by atomic mass is 9.77. The summed E-state index contributed by atoms with van der Waals surface area (Å²) in [6.45, 7) is 4.45. The number of benzene rings is 1. The Balaban J connectivity index is 0.00000128. The highest BCUT2D eigenvalue weighted by Gasteiger charge is 2.25. The number of hydrogen-bond donors (Lipinski definition) is 1. The Kier molecular flexibility index (Phi) is 4.82. The average molecular weight is 240 g/mol. The molecule has 90 valence electrons. The Hall–Kier alpha value is -0.530. The Morgan fingerprint density at radius 2 is 1.56 bits per heavy atom. The van der Waals surface area contributed by atoms with Crippen molar-refractivity contribution < 1.29 is 0 Å². The standard InChI is InChI=1S/C14H21N.ClH/c1-10(2)11-6-8-13(9-7-11)14(15)12-4-3-5-12;/h6-10,12,14H,3-5,15H2,1-2H3;1H/t14-;/m0./s1. The fraction of sp³-hybridized carbons (Fsp3) is 0.571. The van der Waals surface area contributed by atoms with Crippen molar-refractivity contribution in [3.05, 3.63) is 35.4 Å². The van der Waals surface area contributed by atoms with Crippen LogP contribution in [0.1, 0.15) is 56.2 Å². The van der Waals surface area contributed by atoms with Gasteiger partial charge in [-0.05, 0) is 35.8 Å². The van der Waals surface area contributed by atoms with Gasteiger partial charge in [-0.25, -0.2) is 0 Å². The fourth-order valence-electron chi connectivity index (χ4n) is 2.17. The van der Waals surface area contributed by atoms with Gasteiger partial charge in [0.15, 0.2) is 0 Å². The Labute approximate surface area is 105 Å². The summed E-state index contributed by atoms with van der Waals surface area (Å²) in [7, 11) is 0. The molecule has 1 aromatic rings. The van der Waals surface area contributed by atoms with E-state index in [1.807, 2.05) is 0 Å². The molecule has 1 fully saturated rings. The van der Waals surface area contributed by atoms with E-state index in [9.17, 15) is 0 Å². The van der Waals surface area contributed by atoms with Gasteiger partial charge in [-0.15, -0.1) is 12.4 Å². The number of rotatable bonds is 3. The van der Waals surface area contributed by atoms with Gasteiger partial charge in [0.25, 0.3) is 0 Å². The zero-order valence-electron chi connectivity index (χ0n) is 10.1. The molecule has 0 unspecified atom stereocenters. The summed E-state index contributed by atoms with van der Waals surface area (Å²) < 4.78 is 0. The monoisotopic (exact) mass is 239 g/mol. The highest BCUT2D eigenvalue weighted by Crippen LogP contribution is 2.36. The van der Waals surface area contributed by atoms with Crippen LogP contribution in [-0.2, 0) is 0 Å². The molecule has 0 aromatic heterocycles. The molecule has 2 heteroatoms. The maximum Gasteiger partial charge on any atom is 0.0323 e. The van der Waals surface area contributed by atoms with E-state index in [0.717, 1.165) is 5.92 Å². The van der Waals surface area contributed by atoms with Crippen molar-refractivity contribution in [2.45, 2.75) is 45.1 Å². The molecule has 0 aliphatic heterocycles. The van der Waals surface area contributed by atoms with Crippen LogP contribution in [-0.4, -0.2) is 0 Å². The molecule has 0 heterocycles. The summed E-state index contributed by atoms with van der Waals surface area (Å²) in [6, 6.07) is 9.12. The lowest BCUT2D eigenvalue weighted by Gasteiger charge is -2.31. The lowest BCUT2D eigenvalue weighted by Crippen LogP contribution is -2.26. The first-order valence-electron chi connectivity index (χ1n) is 6.04. The third-order valence-electron chi connectivity index (χ3n) is 3.65. The minimum atomic E-state index is 0. The molecule has 0 spiro atoms. The van der Waals surface area contributed by atoms with Crippen molar-refractivity contribution in [3.8, 4) is 0 Å². The van der Waals surface area contributed by atoms with E-state index in [4.69, 9.17) is 5.73 Å². The first kappa shape index (κ1) is 13.5. The molecule has 1 aromatic carbocycles. The summed E-state index contributed by atoms with van der Waals surface area (Å²) in [6.07, 6.45) is 3.99. The van der Waals surface area contributed by atoms with Crippen LogP contribution in [0, 0.1) is 5.92 Å². The third kappa shape index (κ3) is 2.78. The average Bonchev–Trinajstić information content (AvgIpc) is 2.15. The fourth-order valence-corrected chi connectivity index (χ4v) is 2.17. The van der Waals surface area contributed by atoms with E-state index in [2.05, 4.69) is 38.1 Å². The normalized spacial score (nSPS) is 17.8. The van der Waals surface area contributed by atoms with Gasteiger partial charge in [0, 0.05) is 6.04 Å². The molecule has 1 aliphatic carbocycles. The van der Waals surface area contributed by atoms with Crippen LogP contribution in [0.15, 0.2) is 24.3 Å². The second-order valence-corrected chi connectivity index (χ2v) is 5.04. The zero-order valence-corrected chi connectivity index (χ0v) is 11.0. The van der Waals surface area contributed by atoms with Crippen LogP contribution in [0.2, 0.25) is 0 Å². The smallest absolute Gasteiger partial charge is 0.0323 e. The first-order chi connectivity index (χ1) is 7.18. The van der Waals surface area contributed by atoms with Gasteiger partial charge in [0.1, 0.15) is 0 Å². The van der Waals surface area contributed by atoms with E-state index >= 15 is 0 Å². The van der Waals surface area contributed by atoms with Crippen LogP contribution in [0.5, 0.6) is 0 Å². The maximum absolute atomic E-state index is 6.23. The van der Waals surface area contributed by atoms with Crippen LogP contribution >= 0.6 is 12.4 Å². The predicted octanol–water partition coefficient (Wildman–Crippen LogP) is 4.03. The van der Waals surface area contributed by atoms with E-state index in [1.54, 1.807) is 0 Å². The quantitative estimate of drug-likeness (QED) is 0.847. The van der Waals surface area contributed by atoms with E-state index in [-0.39, 0.29) is 18.4 Å². The van der Waals surface area contributed by atoms with Crippen molar-refractivity contribution in [1.29, 1.82) is 0 Å². The van der Waals surface area contributed by atoms with Crippen molar-refractivity contribution in [2.75, 3.05) is 0 Å². The highest BCUT2D eigenvalue weighted by atomic mass is 35.5. The van der Waals surface area contributed by atoms with E-state index in [1.165, 1.54) is 30.4 Å². The largest absolute Gasteiger partial charge is 0.324 e. The molecular weight excluding hydrogens is 218 g/mol. The van der Waals surface area contributed by atoms with Gasteiger partial charge in [-0.1, -0.05) is 44.5 Å². The molecule has 0 amide bonds. The zero-order chi connectivity index (χ0) is 10.8. The first-order valence-corrected chi connectivity index (χ1v) is 6.04. The molecule has 1 nitrogen and oxygen atoms in total. The van der Waals surface area contributed by atoms with Crippen LogP contribution in [0.4, 0.5) is 0 Å². The van der Waals surface area contributed by atoms with Crippen molar-refractivity contribution in [3.63, 3.8) is 0 Å². The number of hydrogen-bond acceptors (Lipinski definition) is 1. The Morgan fingerprint density at radius 3 is 1.94 bits per heavy atom. The third-order valence-corrected chi connectivity index (χ3v) is 3.65. The summed E-state index contributed by atoms with van der Waals surface area (Å²) in [4.78, 5) is 0. The summed E-state index contributed by atoms with van der Waals surface area (Å²) in [5, 5.41) is 0. The lowest BCUT2D eigenvalue weighted by molar-refractivity contribution is 0.264. The molecular formula is C14H22ClN. The minimum absolute atomic E-state index is 0. The molecule has 0 saturated heterocycles. The Morgan fingerprint density at radius 1 is 1.06 bits per heavy atom. The van der Waals surface area contributed by atoms with Crippen molar-refractivity contribution in [1.82, 2.24) is 0 Å². The molecule has 2 rings (SSSR count). The topological polar surface area (TPSA) is 26.0 Å². The molecule has 1 aliphatic rings. The second kappa shape index (κ2) is 5.70. The summed E-state index contributed by atoms with van der Waals surface area (Å²) >= 11 is 0. The van der Waals surface area contributed by atoms with Gasteiger partial charge >= 0.3 is 0 Å². The molecule has 16 heavy (non-hydrogen) atoms. The molecule has 2 N–H and O–H groups in total. The highest BCUT2D eigenvalue weighted by molar-refractivity contribution is 5.85. The van der Waals surface area contributed by atoms with Gasteiger partial charge in [0.05, 0.1) is 0 Å². The summed E-state index contributed by atoms with van der Waals surface area (Å²) in [5.41, 5.74) is 8.94. The van der Waals surface area contributed by atoms with E-state index in [0.29, 0.717) is 5.92 Å². The van der Waals surface area contributed by atoms with Gasteiger partial charge in [-0.3, -0.25) is 0 Å². The van der Waals surface area contributed by atoms with Gasteiger partial charge < -0.3 is 5.73 Å². The minimum Gasteiger partial charge on any atom is -0.324 e. The second-order valence-electron chi connectivity index (χ2n) is 5.04. The number of nitrogens with two attached hydrogens (primary N) is 1. The Bertz CT molecular complexity index is 314. The number of halogens is 1. The summed E-state index contributed by atoms with van der Waals surface area (Å²) in [5.74, 6) is 1.34. The SMILES string of the molecule is CC(C)c1ccc([C@@H](N)C2CCC2)cc1.Cl. The van der Waals surface area contributed by atoms with Gasteiger partial charge in [-0.2, -0.15) is 0 Å². The van der Waals surface area contributed by atoms with Crippen molar-refractivity contribution >= 4 is 12.4 Å². The van der Waals surface area contributed by atoms with E-state index < -0.39 is 0 Å². The molecule has 0 bridgehead atoms. The molecule has 1 saturated carbocycles. The van der Waals surface area contributed by atoms with Crippen LogP contribution in [0.25, 0.3) is 0 Å². The predicted molar refractivity (Wildman–Crippen MR) is 72.0 cm³/mol. The van der Waals surface area contributed by atoms with Crippen molar-refractivity contribution in [2.24, 2.45) is 11.7 Å². The van der Waals surface area contributed by atoms with Crippen LogP contribution < -0.4 is 5.73 Å².